The third-order valence-corrected chi connectivity index (χ3v) is 5.58. The van der Waals surface area contributed by atoms with E-state index in [1.807, 2.05) is 47.4 Å². The fourth-order valence-corrected chi connectivity index (χ4v) is 4.24. The Bertz CT molecular complexity index is 759. The first-order valence-corrected chi connectivity index (χ1v) is 9.91. The van der Waals surface area contributed by atoms with Crippen molar-refractivity contribution in [3.63, 3.8) is 0 Å². The first kappa shape index (κ1) is 18.5. The highest BCUT2D eigenvalue weighted by molar-refractivity contribution is 8.14. The summed E-state index contributed by atoms with van der Waals surface area (Å²) in [6.07, 6.45) is 2.20. The Kier molecular flexibility index (Phi) is 6.34. The summed E-state index contributed by atoms with van der Waals surface area (Å²) in [6, 6.07) is 18.0. The summed E-state index contributed by atoms with van der Waals surface area (Å²) in [4.78, 5) is 19.5. The van der Waals surface area contributed by atoms with Crippen LogP contribution in [0.4, 0.5) is 5.69 Å². The van der Waals surface area contributed by atoms with Crippen molar-refractivity contribution in [1.82, 2.24) is 4.90 Å². The molecular weight excluding hydrogens is 344 g/mol. The second-order valence-electron chi connectivity index (χ2n) is 6.21. The topological polar surface area (TPSA) is 41.9 Å². The van der Waals surface area contributed by atoms with Gasteiger partial charge < -0.3 is 4.74 Å². The predicted molar refractivity (Wildman–Crippen MR) is 108 cm³/mol. The zero-order valence-corrected chi connectivity index (χ0v) is 16.0. The van der Waals surface area contributed by atoms with Gasteiger partial charge in [-0.15, -0.1) is 0 Å². The van der Waals surface area contributed by atoms with E-state index >= 15 is 0 Å². The van der Waals surface area contributed by atoms with E-state index in [9.17, 15) is 4.79 Å². The number of aryl methyl sites for hydroxylation is 1. The van der Waals surface area contributed by atoms with Gasteiger partial charge in [0.15, 0.2) is 5.17 Å². The van der Waals surface area contributed by atoms with E-state index in [1.165, 1.54) is 5.56 Å². The molecule has 1 fully saturated rings. The maximum atomic E-state index is 12.9. The molecule has 2 aromatic rings. The Labute approximate surface area is 159 Å². The Balaban J connectivity index is 1.74. The van der Waals surface area contributed by atoms with Crippen LogP contribution in [0.25, 0.3) is 0 Å². The van der Waals surface area contributed by atoms with Crippen LogP contribution in [0.3, 0.4) is 0 Å². The lowest BCUT2D eigenvalue weighted by Gasteiger charge is -2.23. The molecule has 136 valence electrons. The minimum Gasteiger partial charge on any atom is -0.497 e. The van der Waals surface area contributed by atoms with Crippen molar-refractivity contribution >= 4 is 28.5 Å². The van der Waals surface area contributed by atoms with Crippen LogP contribution in [0.1, 0.15) is 25.3 Å². The molecule has 1 aliphatic rings. The average Bonchev–Trinajstić information content (AvgIpc) is 3.10. The monoisotopic (exact) mass is 368 g/mol. The number of carbonyl (C=O) groups is 1. The molecule has 0 unspecified atom stereocenters. The smallest absolute Gasteiger partial charge is 0.229 e. The number of ether oxygens (including phenoxy) is 1. The molecule has 1 amide bonds. The SMILES string of the molecule is CC[C@H]1CSC(=Nc2ccc(OC)cc2)N1C(=O)CCc1ccccc1. The molecule has 4 nitrogen and oxygen atoms in total. The molecule has 1 atom stereocenters. The first-order chi connectivity index (χ1) is 12.7. The predicted octanol–water partition coefficient (Wildman–Crippen LogP) is 4.67. The standard InChI is InChI=1S/C21H24N2O2S/c1-3-18-15-26-21(22-17-10-12-19(25-2)13-11-17)23(18)20(24)14-9-16-7-5-4-6-8-16/h4-8,10-13,18H,3,9,14-15H2,1-2H3/t18-/m0/s1. The Morgan fingerprint density at radius 3 is 2.58 bits per heavy atom. The highest BCUT2D eigenvalue weighted by atomic mass is 32.2. The van der Waals surface area contributed by atoms with Crippen LogP contribution in [0.5, 0.6) is 5.75 Å². The molecule has 3 rings (SSSR count). The third kappa shape index (κ3) is 4.47. The van der Waals surface area contributed by atoms with Crippen molar-refractivity contribution in [2.24, 2.45) is 4.99 Å². The fraction of sp³-hybridized carbons (Fsp3) is 0.333. The van der Waals surface area contributed by atoms with Gasteiger partial charge in [0.1, 0.15) is 5.75 Å². The Morgan fingerprint density at radius 1 is 1.19 bits per heavy atom. The van der Waals surface area contributed by atoms with Crippen molar-refractivity contribution in [2.75, 3.05) is 12.9 Å². The van der Waals surface area contributed by atoms with E-state index < -0.39 is 0 Å². The molecule has 1 aliphatic heterocycles. The Hall–Kier alpha value is -2.27. The maximum absolute atomic E-state index is 12.9. The lowest BCUT2D eigenvalue weighted by molar-refractivity contribution is -0.128. The van der Waals surface area contributed by atoms with E-state index in [1.54, 1.807) is 18.9 Å². The van der Waals surface area contributed by atoms with Crippen molar-refractivity contribution in [2.45, 2.75) is 32.2 Å². The van der Waals surface area contributed by atoms with Gasteiger partial charge >= 0.3 is 0 Å². The highest BCUT2D eigenvalue weighted by Gasteiger charge is 2.33. The minimum absolute atomic E-state index is 0.151. The molecule has 0 aromatic heterocycles. The second-order valence-corrected chi connectivity index (χ2v) is 7.20. The van der Waals surface area contributed by atoms with Gasteiger partial charge in [-0.2, -0.15) is 0 Å². The van der Waals surface area contributed by atoms with Gasteiger partial charge in [0.25, 0.3) is 0 Å². The molecule has 5 heteroatoms. The lowest BCUT2D eigenvalue weighted by Crippen LogP contribution is -2.39. The van der Waals surface area contributed by atoms with E-state index in [0.29, 0.717) is 6.42 Å². The van der Waals surface area contributed by atoms with E-state index in [4.69, 9.17) is 9.73 Å². The van der Waals surface area contributed by atoms with Crippen LogP contribution < -0.4 is 4.74 Å². The molecule has 0 aliphatic carbocycles. The van der Waals surface area contributed by atoms with Crippen molar-refractivity contribution < 1.29 is 9.53 Å². The summed E-state index contributed by atoms with van der Waals surface area (Å²) in [5.74, 6) is 1.86. The largest absolute Gasteiger partial charge is 0.497 e. The average molecular weight is 369 g/mol. The Morgan fingerprint density at radius 2 is 1.92 bits per heavy atom. The quantitative estimate of drug-likeness (QED) is 0.744. The van der Waals surface area contributed by atoms with Gasteiger partial charge in [-0.25, -0.2) is 4.99 Å². The van der Waals surface area contributed by atoms with Crippen molar-refractivity contribution in [1.29, 1.82) is 0 Å². The van der Waals surface area contributed by atoms with Crippen LogP contribution >= 0.6 is 11.8 Å². The fourth-order valence-electron chi connectivity index (χ4n) is 2.95. The van der Waals surface area contributed by atoms with E-state index in [0.717, 1.165) is 35.2 Å². The minimum atomic E-state index is 0.151. The molecule has 0 N–H and O–H groups in total. The van der Waals surface area contributed by atoms with Crippen molar-refractivity contribution in [3.8, 4) is 5.75 Å². The summed E-state index contributed by atoms with van der Waals surface area (Å²) in [6.45, 7) is 2.12. The van der Waals surface area contributed by atoms with Gasteiger partial charge in [-0.1, -0.05) is 49.0 Å². The highest BCUT2D eigenvalue weighted by Crippen LogP contribution is 2.30. The summed E-state index contributed by atoms with van der Waals surface area (Å²) in [5, 5.41) is 0.806. The van der Waals surface area contributed by atoms with Gasteiger partial charge in [0.05, 0.1) is 12.8 Å². The molecule has 0 bridgehead atoms. The van der Waals surface area contributed by atoms with Crippen LogP contribution in [-0.4, -0.2) is 34.9 Å². The van der Waals surface area contributed by atoms with Crippen LogP contribution in [-0.2, 0) is 11.2 Å². The number of amides is 1. The normalized spacial score (nSPS) is 18.3. The van der Waals surface area contributed by atoms with Crippen molar-refractivity contribution in [3.05, 3.63) is 60.2 Å². The number of hydrogen-bond acceptors (Lipinski definition) is 4. The first-order valence-electron chi connectivity index (χ1n) is 8.92. The molecule has 2 aromatic carbocycles. The van der Waals surface area contributed by atoms with Gasteiger partial charge in [0.2, 0.25) is 5.91 Å². The lowest BCUT2D eigenvalue weighted by atomic mass is 10.1. The summed E-state index contributed by atoms with van der Waals surface area (Å²) in [5.41, 5.74) is 2.03. The summed E-state index contributed by atoms with van der Waals surface area (Å²) < 4.78 is 5.19. The number of nitrogens with zero attached hydrogens (tertiary/aromatic N) is 2. The molecular formula is C21H24N2O2S. The number of thioether (sulfide) groups is 1. The van der Waals surface area contributed by atoms with E-state index in [2.05, 4.69) is 19.1 Å². The third-order valence-electron chi connectivity index (χ3n) is 4.48. The van der Waals surface area contributed by atoms with Gasteiger partial charge in [0, 0.05) is 18.2 Å². The second kappa shape index (κ2) is 8.90. The molecule has 1 heterocycles. The van der Waals surface area contributed by atoms with Crippen LogP contribution in [0.2, 0.25) is 0 Å². The number of aliphatic imine (C=N–C) groups is 1. The molecule has 26 heavy (non-hydrogen) atoms. The zero-order valence-electron chi connectivity index (χ0n) is 15.2. The molecule has 1 saturated heterocycles. The molecule has 0 radical (unpaired) electrons. The molecule has 0 spiro atoms. The number of amidine groups is 1. The van der Waals surface area contributed by atoms with Gasteiger partial charge in [-0.05, 0) is 42.7 Å². The van der Waals surface area contributed by atoms with Crippen LogP contribution in [0.15, 0.2) is 59.6 Å². The summed E-state index contributed by atoms with van der Waals surface area (Å²) >= 11 is 1.66. The summed E-state index contributed by atoms with van der Waals surface area (Å²) in [7, 11) is 1.65. The van der Waals surface area contributed by atoms with Gasteiger partial charge in [-0.3, -0.25) is 9.69 Å². The van der Waals surface area contributed by atoms with E-state index in [-0.39, 0.29) is 11.9 Å². The number of methoxy groups -OCH3 is 1. The number of benzene rings is 2. The maximum Gasteiger partial charge on any atom is 0.229 e. The zero-order chi connectivity index (χ0) is 18.4. The number of carbonyl (C=O) groups excluding carboxylic acids is 1. The molecule has 0 saturated carbocycles. The number of hydrogen-bond donors (Lipinski definition) is 0. The van der Waals surface area contributed by atoms with Crippen LogP contribution in [0, 0.1) is 0 Å². The number of rotatable bonds is 6.